The molecular weight excluding hydrogens is 511 g/mol. The van der Waals surface area contributed by atoms with E-state index in [1.54, 1.807) is 31.3 Å². The highest BCUT2D eigenvalue weighted by Gasteiger charge is 2.32. The van der Waals surface area contributed by atoms with Crippen molar-refractivity contribution in [3.63, 3.8) is 0 Å². The Morgan fingerprint density at radius 3 is 2.49 bits per heavy atom. The maximum absolute atomic E-state index is 13.0. The van der Waals surface area contributed by atoms with Gasteiger partial charge < -0.3 is 10.6 Å². The normalized spacial score (nSPS) is 13.2. The fourth-order valence-corrected chi connectivity index (χ4v) is 3.93. The first-order valence-corrected chi connectivity index (χ1v) is 12.0. The van der Waals surface area contributed by atoms with E-state index in [2.05, 4.69) is 35.8 Å². The van der Waals surface area contributed by atoms with Crippen LogP contribution in [0, 0.1) is 19.8 Å². The molecule has 0 radical (unpaired) electrons. The van der Waals surface area contributed by atoms with E-state index in [4.69, 9.17) is 0 Å². The summed E-state index contributed by atoms with van der Waals surface area (Å²) in [5, 5.41) is 12.2. The maximum Gasteiger partial charge on any atom is 0.418 e. The minimum Gasteiger partial charge on any atom is -0.319 e. The number of carbonyl (C=O) groups is 2. The van der Waals surface area contributed by atoms with Gasteiger partial charge in [-0.3, -0.25) is 19.6 Å². The summed E-state index contributed by atoms with van der Waals surface area (Å²) in [7, 11) is 0. The van der Waals surface area contributed by atoms with E-state index in [1.807, 2.05) is 19.1 Å². The minimum absolute atomic E-state index is 0.0445. The van der Waals surface area contributed by atoms with E-state index in [1.165, 1.54) is 6.20 Å². The van der Waals surface area contributed by atoms with Crippen LogP contribution in [0.3, 0.4) is 0 Å². The van der Waals surface area contributed by atoms with Gasteiger partial charge in [0.2, 0.25) is 5.91 Å². The van der Waals surface area contributed by atoms with E-state index in [0.29, 0.717) is 35.0 Å². The Bertz CT molecular complexity index is 1590. The molecule has 9 nitrogen and oxygen atoms in total. The molecule has 39 heavy (non-hydrogen) atoms. The highest BCUT2D eigenvalue weighted by molar-refractivity contribution is 6.03. The SMILES string of the molecule is Cc1cc(-c2cc(NC(=O)c3cc(C(F)(F)F)cnn3)cnc2C)cc(-c2ccnc(NC(=O)C3CC3)c2)n1. The quantitative estimate of drug-likeness (QED) is 0.348. The second-order valence-electron chi connectivity index (χ2n) is 9.21. The zero-order valence-corrected chi connectivity index (χ0v) is 20.9. The predicted octanol–water partition coefficient (Wildman–Crippen LogP) is 5.23. The van der Waals surface area contributed by atoms with Gasteiger partial charge in [0, 0.05) is 34.6 Å². The lowest BCUT2D eigenvalue weighted by Crippen LogP contribution is -2.17. The van der Waals surface area contributed by atoms with Crippen molar-refractivity contribution in [1.29, 1.82) is 0 Å². The van der Waals surface area contributed by atoms with Gasteiger partial charge in [0.05, 0.1) is 29.3 Å². The molecule has 1 fully saturated rings. The molecule has 0 unspecified atom stereocenters. The molecule has 4 aromatic heterocycles. The number of halogens is 3. The lowest BCUT2D eigenvalue weighted by atomic mass is 10.0. The smallest absolute Gasteiger partial charge is 0.319 e. The van der Waals surface area contributed by atoms with E-state index >= 15 is 0 Å². The first kappa shape index (κ1) is 25.9. The molecule has 1 aliphatic carbocycles. The summed E-state index contributed by atoms with van der Waals surface area (Å²) >= 11 is 0. The Kier molecular flexibility index (Phi) is 6.77. The molecule has 12 heteroatoms. The summed E-state index contributed by atoms with van der Waals surface area (Å²) in [6.07, 6.45) is 0.673. The maximum atomic E-state index is 13.0. The van der Waals surface area contributed by atoms with Crippen LogP contribution in [0.4, 0.5) is 24.7 Å². The van der Waals surface area contributed by atoms with Crippen molar-refractivity contribution in [2.24, 2.45) is 5.92 Å². The molecular formula is C27H22F3N7O2. The van der Waals surface area contributed by atoms with Crippen molar-refractivity contribution in [3.8, 4) is 22.4 Å². The number of hydrogen-bond acceptors (Lipinski definition) is 7. The molecule has 5 rings (SSSR count). The number of amides is 2. The monoisotopic (exact) mass is 533 g/mol. The third-order valence-corrected chi connectivity index (χ3v) is 6.08. The lowest BCUT2D eigenvalue weighted by Gasteiger charge is -2.12. The number of alkyl halides is 3. The van der Waals surface area contributed by atoms with Gasteiger partial charge in [-0.2, -0.15) is 18.3 Å². The molecule has 0 bridgehead atoms. The van der Waals surface area contributed by atoms with Crippen molar-refractivity contribution in [2.75, 3.05) is 10.6 Å². The van der Waals surface area contributed by atoms with Crippen LogP contribution in [0.2, 0.25) is 0 Å². The summed E-state index contributed by atoms with van der Waals surface area (Å²) in [6, 6.07) is 9.56. The minimum atomic E-state index is -4.65. The molecule has 4 aromatic rings. The summed E-state index contributed by atoms with van der Waals surface area (Å²) in [5.74, 6) is -0.416. The molecule has 0 atom stereocenters. The van der Waals surface area contributed by atoms with Crippen molar-refractivity contribution in [2.45, 2.75) is 32.9 Å². The standard InChI is InChI=1S/C27H22F3N7O2/c1-14-7-18(8-22(34-14)17-5-6-31-24(9-17)36-25(38)16-3-4-16)21-11-20(13-32-15(21)2)35-26(39)23-10-19(12-33-37-23)27(28,29)30/h5-13,16H,3-4H2,1-2H3,(H,35,39)(H,31,36,38). The Hall–Kier alpha value is -4.74. The van der Waals surface area contributed by atoms with Gasteiger partial charge in [0.15, 0.2) is 5.69 Å². The van der Waals surface area contributed by atoms with Crippen LogP contribution >= 0.6 is 0 Å². The molecule has 1 aliphatic rings. The van der Waals surface area contributed by atoms with Crippen LogP contribution in [0.1, 0.15) is 40.3 Å². The Morgan fingerprint density at radius 1 is 0.949 bits per heavy atom. The Morgan fingerprint density at radius 2 is 1.74 bits per heavy atom. The van der Waals surface area contributed by atoms with Crippen LogP contribution in [0.25, 0.3) is 22.4 Å². The van der Waals surface area contributed by atoms with Gasteiger partial charge in [-0.05, 0) is 68.7 Å². The number of anilines is 2. The lowest BCUT2D eigenvalue weighted by molar-refractivity contribution is -0.138. The largest absolute Gasteiger partial charge is 0.418 e. The average Bonchev–Trinajstić information content (AvgIpc) is 3.75. The summed E-state index contributed by atoms with van der Waals surface area (Å²) in [6.45, 7) is 3.64. The van der Waals surface area contributed by atoms with Gasteiger partial charge in [-0.15, -0.1) is 5.10 Å². The Balaban J connectivity index is 1.42. The van der Waals surface area contributed by atoms with Crippen LogP contribution in [-0.2, 0) is 11.0 Å². The molecule has 198 valence electrons. The predicted molar refractivity (Wildman–Crippen MR) is 137 cm³/mol. The van der Waals surface area contributed by atoms with Crippen molar-refractivity contribution < 1.29 is 22.8 Å². The molecule has 1 saturated carbocycles. The Labute approximate surface area is 221 Å². The number of carbonyl (C=O) groups excluding carboxylic acids is 2. The molecule has 0 saturated heterocycles. The topological polar surface area (TPSA) is 123 Å². The zero-order valence-electron chi connectivity index (χ0n) is 20.9. The summed E-state index contributed by atoms with van der Waals surface area (Å²) in [5.41, 5.74) is 2.94. The number of nitrogens with zero attached hydrogens (tertiary/aromatic N) is 5. The number of aromatic nitrogens is 5. The molecule has 2 amide bonds. The number of rotatable bonds is 6. The highest BCUT2D eigenvalue weighted by Crippen LogP contribution is 2.32. The molecule has 4 heterocycles. The first-order valence-electron chi connectivity index (χ1n) is 12.0. The zero-order chi connectivity index (χ0) is 27.7. The van der Waals surface area contributed by atoms with Gasteiger partial charge >= 0.3 is 6.18 Å². The van der Waals surface area contributed by atoms with Crippen LogP contribution in [0.15, 0.2) is 55.0 Å². The van der Waals surface area contributed by atoms with Crippen LogP contribution < -0.4 is 10.6 Å². The van der Waals surface area contributed by atoms with Crippen LogP contribution in [-0.4, -0.2) is 37.0 Å². The fraction of sp³-hybridized carbons (Fsp3) is 0.222. The van der Waals surface area contributed by atoms with E-state index in [-0.39, 0.29) is 17.5 Å². The third-order valence-electron chi connectivity index (χ3n) is 6.08. The second-order valence-corrected chi connectivity index (χ2v) is 9.21. The number of nitrogens with one attached hydrogen (secondary N) is 2. The van der Waals surface area contributed by atoms with Crippen molar-refractivity contribution in [1.82, 2.24) is 25.1 Å². The molecule has 0 aliphatic heterocycles. The van der Waals surface area contributed by atoms with E-state index in [9.17, 15) is 22.8 Å². The van der Waals surface area contributed by atoms with Gasteiger partial charge in [0.1, 0.15) is 5.82 Å². The number of hydrogen-bond donors (Lipinski definition) is 2. The number of aryl methyl sites for hydroxylation is 2. The van der Waals surface area contributed by atoms with E-state index < -0.39 is 23.3 Å². The van der Waals surface area contributed by atoms with E-state index in [0.717, 1.165) is 29.7 Å². The van der Waals surface area contributed by atoms with Gasteiger partial charge in [-0.25, -0.2) is 4.98 Å². The van der Waals surface area contributed by atoms with Crippen LogP contribution in [0.5, 0.6) is 0 Å². The second kappa shape index (κ2) is 10.2. The summed E-state index contributed by atoms with van der Waals surface area (Å²) in [4.78, 5) is 38.0. The highest BCUT2D eigenvalue weighted by atomic mass is 19.4. The van der Waals surface area contributed by atoms with Crippen molar-refractivity contribution in [3.05, 3.63) is 77.6 Å². The number of pyridine rings is 3. The molecule has 2 N–H and O–H groups in total. The summed E-state index contributed by atoms with van der Waals surface area (Å²) < 4.78 is 39.0. The average molecular weight is 534 g/mol. The third kappa shape index (κ3) is 6.06. The van der Waals surface area contributed by atoms with Gasteiger partial charge in [0.25, 0.3) is 5.91 Å². The van der Waals surface area contributed by atoms with Gasteiger partial charge in [-0.1, -0.05) is 0 Å². The molecule has 0 aromatic carbocycles. The molecule has 0 spiro atoms. The fourth-order valence-electron chi connectivity index (χ4n) is 3.93. The van der Waals surface area contributed by atoms with Crippen molar-refractivity contribution >= 4 is 23.3 Å². The first-order chi connectivity index (χ1) is 18.6.